The smallest absolute Gasteiger partial charge is 0.333 e. The molecular weight excluding hydrogens is 421 g/mol. The van der Waals surface area contributed by atoms with Crippen molar-refractivity contribution >= 4 is 11.9 Å². The fourth-order valence-corrected chi connectivity index (χ4v) is 3.96. The van der Waals surface area contributed by atoms with E-state index < -0.39 is 23.8 Å². The molecule has 9 heteroatoms. The quantitative estimate of drug-likeness (QED) is 0.694. The molecule has 0 radical (unpaired) electrons. The minimum Gasteiger partial charge on any atom is -0.333 e. The van der Waals surface area contributed by atoms with Gasteiger partial charge in [0.25, 0.3) is 5.91 Å². The molecule has 166 valence electrons. The number of carbonyl (C=O) groups is 2. The Labute approximate surface area is 183 Å². The third-order valence-corrected chi connectivity index (χ3v) is 5.54. The minimum absolute atomic E-state index is 0.214. The van der Waals surface area contributed by atoms with Gasteiger partial charge >= 0.3 is 12.2 Å². The lowest BCUT2D eigenvalue weighted by Gasteiger charge is -2.33. The molecule has 1 N–H and O–H groups in total. The van der Waals surface area contributed by atoms with Gasteiger partial charge in [0, 0.05) is 31.4 Å². The summed E-state index contributed by atoms with van der Waals surface area (Å²) >= 11 is 0. The van der Waals surface area contributed by atoms with Crippen LogP contribution in [0.3, 0.4) is 0 Å². The van der Waals surface area contributed by atoms with Crippen LogP contribution in [0.1, 0.15) is 22.9 Å². The first-order chi connectivity index (χ1) is 15.3. The largest absolute Gasteiger partial charge is 0.416 e. The predicted molar refractivity (Wildman–Crippen MR) is 111 cm³/mol. The summed E-state index contributed by atoms with van der Waals surface area (Å²) in [5.74, 6) is -0.255. The molecule has 3 heterocycles. The number of hydrogen-bond acceptors (Lipinski definition) is 3. The third kappa shape index (κ3) is 4.10. The van der Waals surface area contributed by atoms with Crippen LogP contribution in [0.25, 0.3) is 0 Å². The van der Waals surface area contributed by atoms with Crippen molar-refractivity contribution < 1.29 is 22.8 Å². The molecule has 0 saturated heterocycles. The van der Waals surface area contributed by atoms with Crippen LogP contribution in [0.15, 0.2) is 72.6 Å². The van der Waals surface area contributed by atoms with Gasteiger partial charge < -0.3 is 10.2 Å². The van der Waals surface area contributed by atoms with E-state index in [-0.39, 0.29) is 19.0 Å². The number of amides is 3. The molecule has 4 rings (SSSR count). The van der Waals surface area contributed by atoms with Gasteiger partial charge in [-0.1, -0.05) is 24.3 Å². The van der Waals surface area contributed by atoms with E-state index in [4.69, 9.17) is 0 Å². The zero-order chi connectivity index (χ0) is 22.9. The van der Waals surface area contributed by atoms with Crippen LogP contribution in [0.2, 0.25) is 0 Å². The SMILES string of the molecule is C=CCN1C(=O)NC(c2ccc(C(F)(F)F)cc2)C2=C1CN(CCc1ccccn1)C2=O. The highest BCUT2D eigenvalue weighted by Crippen LogP contribution is 2.37. The molecule has 1 atom stereocenters. The molecule has 2 aliphatic heterocycles. The van der Waals surface area contributed by atoms with E-state index in [1.165, 1.54) is 17.0 Å². The Morgan fingerprint density at radius 3 is 2.53 bits per heavy atom. The van der Waals surface area contributed by atoms with Crippen LogP contribution < -0.4 is 5.32 Å². The molecule has 0 aliphatic carbocycles. The number of halogens is 3. The second-order valence-corrected chi connectivity index (χ2v) is 7.56. The Hall–Kier alpha value is -3.62. The normalized spacial score (nSPS) is 18.7. The van der Waals surface area contributed by atoms with Gasteiger partial charge in [0.05, 0.1) is 29.4 Å². The summed E-state index contributed by atoms with van der Waals surface area (Å²) in [6.07, 6.45) is -0.685. The van der Waals surface area contributed by atoms with Crippen molar-refractivity contribution in [3.05, 3.63) is 89.4 Å². The summed E-state index contributed by atoms with van der Waals surface area (Å²) < 4.78 is 38.9. The molecule has 0 spiro atoms. The van der Waals surface area contributed by atoms with Gasteiger partial charge in [0.15, 0.2) is 0 Å². The molecule has 0 saturated carbocycles. The van der Waals surface area contributed by atoms with Gasteiger partial charge in [-0.05, 0) is 29.8 Å². The average Bonchev–Trinajstić information content (AvgIpc) is 3.10. The van der Waals surface area contributed by atoms with Gasteiger partial charge in [-0.15, -0.1) is 6.58 Å². The van der Waals surface area contributed by atoms with Crippen molar-refractivity contribution in [2.75, 3.05) is 19.6 Å². The molecule has 0 bridgehead atoms. The number of nitrogens with one attached hydrogen (secondary N) is 1. The first kappa shape index (κ1) is 21.6. The first-order valence-corrected chi connectivity index (χ1v) is 10.1. The van der Waals surface area contributed by atoms with Crippen molar-refractivity contribution in [2.24, 2.45) is 0 Å². The van der Waals surface area contributed by atoms with Gasteiger partial charge in [0.1, 0.15) is 0 Å². The molecule has 32 heavy (non-hydrogen) atoms. The van der Waals surface area contributed by atoms with E-state index in [1.807, 2.05) is 18.2 Å². The molecule has 3 amide bonds. The topological polar surface area (TPSA) is 65.5 Å². The Bertz CT molecular complexity index is 1060. The van der Waals surface area contributed by atoms with Crippen molar-refractivity contribution in [3.63, 3.8) is 0 Å². The molecule has 2 aromatic rings. The summed E-state index contributed by atoms with van der Waals surface area (Å²) in [5.41, 5.74) is 1.37. The zero-order valence-corrected chi connectivity index (χ0v) is 17.1. The fraction of sp³-hybridized carbons (Fsp3) is 0.261. The highest BCUT2D eigenvalue weighted by molar-refractivity contribution is 6.01. The van der Waals surface area contributed by atoms with E-state index in [2.05, 4.69) is 16.9 Å². The highest BCUT2D eigenvalue weighted by atomic mass is 19.4. The van der Waals surface area contributed by atoms with E-state index in [1.54, 1.807) is 17.2 Å². The first-order valence-electron chi connectivity index (χ1n) is 10.1. The maximum Gasteiger partial charge on any atom is 0.416 e. The lowest BCUT2D eigenvalue weighted by molar-refractivity contribution is -0.137. The molecule has 1 aromatic heterocycles. The summed E-state index contributed by atoms with van der Waals surface area (Å²) in [5, 5.41) is 2.76. The molecule has 6 nitrogen and oxygen atoms in total. The lowest BCUT2D eigenvalue weighted by Crippen LogP contribution is -2.47. The van der Waals surface area contributed by atoms with Crippen molar-refractivity contribution in [3.8, 4) is 0 Å². The zero-order valence-electron chi connectivity index (χ0n) is 17.1. The van der Waals surface area contributed by atoms with Crippen LogP contribution in [0, 0.1) is 0 Å². The molecule has 1 unspecified atom stereocenters. The monoisotopic (exact) mass is 442 g/mol. The lowest BCUT2D eigenvalue weighted by atomic mass is 9.94. The number of nitrogens with zero attached hydrogens (tertiary/aromatic N) is 3. The van der Waals surface area contributed by atoms with Crippen molar-refractivity contribution in [1.29, 1.82) is 0 Å². The Morgan fingerprint density at radius 2 is 1.91 bits per heavy atom. The fourth-order valence-electron chi connectivity index (χ4n) is 3.96. The maximum absolute atomic E-state index is 13.3. The number of aromatic nitrogens is 1. The number of pyridine rings is 1. The van der Waals surface area contributed by atoms with Crippen molar-refractivity contribution in [2.45, 2.75) is 18.6 Å². The van der Waals surface area contributed by atoms with Crippen LogP contribution in [0.5, 0.6) is 0 Å². The van der Waals surface area contributed by atoms with Crippen LogP contribution >= 0.6 is 0 Å². The predicted octanol–water partition coefficient (Wildman–Crippen LogP) is 3.69. The number of benzene rings is 1. The molecule has 0 fully saturated rings. The molecule has 1 aromatic carbocycles. The third-order valence-electron chi connectivity index (χ3n) is 5.54. The van der Waals surface area contributed by atoms with Gasteiger partial charge in [-0.2, -0.15) is 13.2 Å². The molecule has 2 aliphatic rings. The Balaban J connectivity index is 1.63. The Kier molecular flexibility index (Phi) is 5.73. The second kappa shape index (κ2) is 8.49. The highest BCUT2D eigenvalue weighted by Gasteiger charge is 2.43. The van der Waals surface area contributed by atoms with Crippen molar-refractivity contribution in [1.82, 2.24) is 20.1 Å². The number of hydrogen-bond donors (Lipinski definition) is 1. The minimum atomic E-state index is -4.47. The Morgan fingerprint density at radius 1 is 1.16 bits per heavy atom. The van der Waals surface area contributed by atoms with Gasteiger partial charge in [0.2, 0.25) is 0 Å². The number of carbonyl (C=O) groups excluding carboxylic acids is 2. The summed E-state index contributed by atoms with van der Waals surface area (Å²) in [7, 11) is 0. The van der Waals surface area contributed by atoms with Crippen LogP contribution in [0.4, 0.5) is 18.0 Å². The number of urea groups is 1. The summed E-state index contributed by atoms with van der Waals surface area (Å²) in [6, 6.07) is 8.80. The summed E-state index contributed by atoms with van der Waals surface area (Å²) in [6.45, 7) is 4.52. The number of rotatable bonds is 6. The van der Waals surface area contributed by atoms with E-state index in [0.29, 0.717) is 29.8 Å². The van der Waals surface area contributed by atoms with E-state index in [0.717, 1.165) is 17.8 Å². The standard InChI is InChI=1S/C23H21F3N4O2/c1-2-12-30-18-14-29(13-10-17-5-3-4-11-27-17)21(31)19(18)20(28-22(30)32)15-6-8-16(9-7-15)23(24,25)26/h2-9,11,20H,1,10,12-14H2,(H,28,32). The van der Waals surface area contributed by atoms with E-state index in [9.17, 15) is 22.8 Å². The average molecular weight is 442 g/mol. The number of alkyl halides is 3. The van der Waals surface area contributed by atoms with Crippen LogP contribution in [-0.4, -0.2) is 46.4 Å². The maximum atomic E-state index is 13.3. The van der Waals surface area contributed by atoms with Gasteiger partial charge in [-0.3, -0.25) is 14.7 Å². The van der Waals surface area contributed by atoms with E-state index >= 15 is 0 Å². The van der Waals surface area contributed by atoms with Gasteiger partial charge in [-0.25, -0.2) is 4.79 Å². The summed E-state index contributed by atoms with van der Waals surface area (Å²) in [4.78, 5) is 33.4. The van der Waals surface area contributed by atoms with Crippen LogP contribution in [-0.2, 0) is 17.4 Å². The molecular formula is C23H21F3N4O2. The second-order valence-electron chi connectivity index (χ2n) is 7.56.